The van der Waals surface area contributed by atoms with Crippen LogP contribution < -0.4 is 28.4 Å². The van der Waals surface area contributed by atoms with Crippen LogP contribution in [0.1, 0.15) is 36.8 Å². The molecule has 0 fully saturated rings. The number of benzene rings is 2. The van der Waals surface area contributed by atoms with Crippen molar-refractivity contribution in [3.63, 3.8) is 0 Å². The zero-order valence-corrected chi connectivity index (χ0v) is 21.0. The van der Waals surface area contributed by atoms with Gasteiger partial charge in [0.05, 0.1) is 42.2 Å². The number of carbonyl (C=O) groups is 1. The summed E-state index contributed by atoms with van der Waals surface area (Å²) < 4.78 is 33.1. The molecular weight excluding hydrogens is 452 g/mol. The molecule has 0 saturated heterocycles. The predicted molar refractivity (Wildman–Crippen MR) is 135 cm³/mol. The number of unbranched alkanes of at least 4 members (excludes halogenated alkanes) is 2. The molecule has 8 nitrogen and oxygen atoms in total. The third-order valence-corrected chi connectivity index (χ3v) is 5.14. The molecule has 0 radical (unpaired) electrons. The lowest BCUT2D eigenvalue weighted by atomic mass is 10.1. The summed E-state index contributed by atoms with van der Waals surface area (Å²) in [6, 6.07) is 7.47. The van der Waals surface area contributed by atoms with Gasteiger partial charge >= 0.3 is 5.97 Å². The fourth-order valence-electron chi connectivity index (χ4n) is 3.40. The molecule has 0 bridgehead atoms. The Labute approximate surface area is 206 Å². The Bertz CT molecular complexity index is 976. The third-order valence-electron chi connectivity index (χ3n) is 5.14. The van der Waals surface area contributed by atoms with Gasteiger partial charge in [-0.15, -0.1) is 0 Å². The maximum Gasteiger partial charge on any atom is 0.303 e. The average molecular weight is 487 g/mol. The molecule has 0 saturated carbocycles. The fraction of sp³-hybridized carbons (Fsp3) is 0.370. The minimum absolute atomic E-state index is 0.168. The lowest BCUT2D eigenvalue weighted by Crippen LogP contribution is -2.02. The van der Waals surface area contributed by atoms with Crippen molar-refractivity contribution in [3.05, 3.63) is 47.5 Å². The molecule has 2 aromatic rings. The van der Waals surface area contributed by atoms with Crippen molar-refractivity contribution >= 4 is 18.1 Å². The molecule has 0 atom stereocenters. The molecule has 1 N–H and O–H groups in total. The summed E-state index contributed by atoms with van der Waals surface area (Å²) in [6.45, 7) is 0.444. The Morgan fingerprint density at radius 3 is 1.54 bits per heavy atom. The van der Waals surface area contributed by atoms with E-state index in [-0.39, 0.29) is 6.42 Å². The minimum atomic E-state index is -0.781. The number of rotatable bonds is 15. The summed E-state index contributed by atoms with van der Waals surface area (Å²) in [7, 11) is 7.88. The first-order valence-electron chi connectivity index (χ1n) is 11.2. The molecule has 8 heteroatoms. The van der Waals surface area contributed by atoms with E-state index in [1.54, 1.807) is 35.5 Å². The van der Waals surface area contributed by atoms with Gasteiger partial charge in [0.15, 0.2) is 23.0 Å². The molecule has 2 aromatic carbocycles. The summed E-state index contributed by atoms with van der Waals surface area (Å²) >= 11 is 0. The average Bonchev–Trinajstić information content (AvgIpc) is 2.87. The van der Waals surface area contributed by atoms with Crippen LogP contribution >= 0.6 is 0 Å². The van der Waals surface area contributed by atoms with Crippen molar-refractivity contribution in [3.8, 4) is 34.5 Å². The Morgan fingerprint density at radius 1 is 0.686 bits per heavy atom. The Balaban J connectivity index is 2.11. The van der Waals surface area contributed by atoms with Crippen LogP contribution in [0, 0.1) is 0 Å². The first-order valence-corrected chi connectivity index (χ1v) is 11.2. The van der Waals surface area contributed by atoms with Crippen LogP contribution in [0.5, 0.6) is 34.5 Å². The smallest absolute Gasteiger partial charge is 0.303 e. The highest BCUT2D eigenvalue weighted by molar-refractivity contribution is 5.67. The molecule has 35 heavy (non-hydrogen) atoms. The second kappa shape index (κ2) is 14.5. The largest absolute Gasteiger partial charge is 0.493 e. The molecule has 0 spiro atoms. The van der Waals surface area contributed by atoms with Crippen LogP contribution in [0.4, 0.5) is 0 Å². The number of hydrogen-bond acceptors (Lipinski definition) is 7. The number of methoxy groups -OCH3 is 5. The van der Waals surface area contributed by atoms with Crippen molar-refractivity contribution in [2.24, 2.45) is 0 Å². The van der Waals surface area contributed by atoms with Gasteiger partial charge in [0.2, 0.25) is 11.5 Å². The van der Waals surface area contributed by atoms with Gasteiger partial charge in [0.1, 0.15) is 0 Å². The highest BCUT2D eigenvalue weighted by atomic mass is 16.5. The molecule has 0 aliphatic carbocycles. The third kappa shape index (κ3) is 8.17. The Morgan fingerprint density at radius 2 is 1.14 bits per heavy atom. The summed E-state index contributed by atoms with van der Waals surface area (Å²) in [5, 5.41) is 8.72. The number of carboxylic acid groups (broad SMARTS) is 1. The van der Waals surface area contributed by atoms with E-state index in [1.807, 2.05) is 48.6 Å². The van der Waals surface area contributed by atoms with E-state index in [1.165, 1.54) is 0 Å². The van der Waals surface area contributed by atoms with Crippen molar-refractivity contribution in [2.75, 3.05) is 42.2 Å². The van der Waals surface area contributed by atoms with Crippen LogP contribution in [-0.4, -0.2) is 53.2 Å². The van der Waals surface area contributed by atoms with Gasteiger partial charge in [-0.2, -0.15) is 0 Å². The predicted octanol–water partition coefficient (Wildman–Crippen LogP) is 5.48. The SMILES string of the molecule is COc1cc(/C=C/C=C/c2cc(OC)c(OCCCCCC(=O)O)c(OC)c2)cc(OC)c1OC. The second-order valence-electron chi connectivity index (χ2n) is 7.48. The quantitative estimate of drug-likeness (QED) is 0.261. The van der Waals surface area contributed by atoms with E-state index in [4.69, 9.17) is 33.5 Å². The molecule has 190 valence electrons. The number of ether oxygens (including phenoxy) is 6. The first kappa shape index (κ1) is 27.4. The fourth-order valence-corrected chi connectivity index (χ4v) is 3.40. The Hall–Kier alpha value is -3.81. The zero-order valence-electron chi connectivity index (χ0n) is 21.0. The lowest BCUT2D eigenvalue weighted by Gasteiger charge is -2.15. The highest BCUT2D eigenvalue weighted by Gasteiger charge is 2.14. The number of hydrogen-bond donors (Lipinski definition) is 1. The minimum Gasteiger partial charge on any atom is -0.493 e. The summed E-state index contributed by atoms with van der Waals surface area (Å²) in [5.41, 5.74) is 1.77. The van der Waals surface area contributed by atoms with E-state index in [2.05, 4.69) is 0 Å². The molecule has 0 aromatic heterocycles. The molecule has 0 aliphatic heterocycles. The Kier molecular flexibility index (Phi) is 11.3. The van der Waals surface area contributed by atoms with E-state index >= 15 is 0 Å². The number of aliphatic carboxylic acids is 1. The van der Waals surface area contributed by atoms with Crippen LogP contribution in [0.15, 0.2) is 36.4 Å². The van der Waals surface area contributed by atoms with Crippen LogP contribution in [0.2, 0.25) is 0 Å². The summed E-state index contributed by atoms with van der Waals surface area (Å²) in [6.07, 6.45) is 9.97. The van der Waals surface area contributed by atoms with Gasteiger partial charge in [-0.1, -0.05) is 24.3 Å². The van der Waals surface area contributed by atoms with E-state index in [9.17, 15) is 4.79 Å². The summed E-state index contributed by atoms with van der Waals surface area (Å²) in [5.74, 6) is 2.58. The van der Waals surface area contributed by atoms with Gasteiger partial charge in [-0.25, -0.2) is 0 Å². The van der Waals surface area contributed by atoms with Crippen molar-refractivity contribution in [2.45, 2.75) is 25.7 Å². The lowest BCUT2D eigenvalue weighted by molar-refractivity contribution is -0.137. The van der Waals surface area contributed by atoms with Gasteiger partial charge in [-0.3, -0.25) is 4.79 Å². The number of allylic oxidation sites excluding steroid dienone is 2. The van der Waals surface area contributed by atoms with E-state index in [0.717, 1.165) is 24.0 Å². The summed E-state index contributed by atoms with van der Waals surface area (Å²) in [4.78, 5) is 10.6. The van der Waals surface area contributed by atoms with Crippen LogP contribution in [0.25, 0.3) is 12.2 Å². The van der Waals surface area contributed by atoms with E-state index < -0.39 is 5.97 Å². The van der Waals surface area contributed by atoms with Crippen LogP contribution in [0.3, 0.4) is 0 Å². The first-order chi connectivity index (χ1) is 17.0. The molecule has 0 heterocycles. The van der Waals surface area contributed by atoms with Crippen molar-refractivity contribution in [1.29, 1.82) is 0 Å². The second-order valence-corrected chi connectivity index (χ2v) is 7.48. The monoisotopic (exact) mass is 486 g/mol. The molecule has 0 aliphatic rings. The molecule has 0 amide bonds. The van der Waals surface area contributed by atoms with Gasteiger partial charge < -0.3 is 33.5 Å². The molecular formula is C27H34O8. The highest BCUT2D eigenvalue weighted by Crippen LogP contribution is 2.40. The van der Waals surface area contributed by atoms with Gasteiger partial charge in [0, 0.05) is 6.42 Å². The molecule has 0 unspecified atom stereocenters. The zero-order chi connectivity index (χ0) is 25.6. The normalized spacial score (nSPS) is 11.0. The maximum absolute atomic E-state index is 10.6. The van der Waals surface area contributed by atoms with Crippen molar-refractivity contribution < 1.29 is 38.3 Å². The van der Waals surface area contributed by atoms with Gasteiger partial charge in [0.25, 0.3) is 0 Å². The molecule has 2 rings (SSSR count). The van der Waals surface area contributed by atoms with Crippen molar-refractivity contribution in [1.82, 2.24) is 0 Å². The van der Waals surface area contributed by atoms with Gasteiger partial charge in [-0.05, 0) is 54.7 Å². The van der Waals surface area contributed by atoms with Crippen LogP contribution in [-0.2, 0) is 4.79 Å². The number of carboxylic acids is 1. The van der Waals surface area contributed by atoms with E-state index in [0.29, 0.717) is 47.5 Å². The standard InChI is InChI=1S/C27H34O8/c1-30-21-15-19(16-22(31-2)26(21)34-5)11-8-9-12-20-17-23(32-3)27(24(18-20)33-4)35-14-10-6-7-13-25(28)29/h8-9,11-12,15-18H,6-7,10,13-14H2,1-5H3,(H,28,29)/b11-8+,12-9+. The maximum atomic E-state index is 10.6. The topological polar surface area (TPSA) is 92.7 Å².